The van der Waals surface area contributed by atoms with Crippen molar-refractivity contribution in [3.8, 4) is 0 Å². The van der Waals surface area contributed by atoms with Crippen LogP contribution in [0.2, 0.25) is 0 Å². The minimum absolute atomic E-state index is 0.0233. The summed E-state index contributed by atoms with van der Waals surface area (Å²) in [6.07, 6.45) is 4.32. The SMILES string of the molecule is CC(C)C(=O)NC1CCN(C(=O)C2CCCC(C(=O)O)C2)CC1. The molecule has 0 aromatic rings. The number of carbonyl (C=O) groups excluding carboxylic acids is 2. The van der Waals surface area contributed by atoms with E-state index >= 15 is 0 Å². The zero-order valence-corrected chi connectivity index (χ0v) is 14.1. The lowest BCUT2D eigenvalue weighted by Gasteiger charge is -2.36. The van der Waals surface area contributed by atoms with Crippen molar-refractivity contribution in [2.45, 2.75) is 58.4 Å². The van der Waals surface area contributed by atoms with Crippen LogP contribution in [0.25, 0.3) is 0 Å². The fourth-order valence-electron chi connectivity index (χ4n) is 3.51. The second-order valence-electron chi connectivity index (χ2n) is 7.16. The Labute approximate surface area is 137 Å². The fourth-order valence-corrected chi connectivity index (χ4v) is 3.51. The zero-order valence-electron chi connectivity index (χ0n) is 14.1. The van der Waals surface area contributed by atoms with Crippen molar-refractivity contribution < 1.29 is 19.5 Å². The monoisotopic (exact) mass is 324 g/mol. The van der Waals surface area contributed by atoms with Crippen molar-refractivity contribution in [3.63, 3.8) is 0 Å². The Morgan fingerprint density at radius 2 is 1.65 bits per heavy atom. The Kier molecular flexibility index (Phi) is 6.02. The summed E-state index contributed by atoms with van der Waals surface area (Å²) in [5.74, 6) is -1.16. The second-order valence-corrected chi connectivity index (χ2v) is 7.16. The number of hydrogen-bond donors (Lipinski definition) is 2. The average molecular weight is 324 g/mol. The molecule has 0 aromatic heterocycles. The van der Waals surface area contributed by atoms with Crippen molar-refractivity contribution in [2.75, 3.05) is 13.1 Å². The van der Waals surface area contributed by atoms with Crippen molar-refractivity contribution >= 4 is 17.8 Å². The number of rotatable bonds is 4. The summed E-state index contributed by atoms with van der Waals surface area (Å²) in [4.78, 5) is 37.3. The van der Waals surface area contributed by atoms with Gasteiger partial charge >= 0.3 is 5.97 Å². The van der Waals surface area contributed by atoms with E-state index in [9.17, 15) is 14.4 Å². The molecule has 23 heavy (non-hydrogen) atoms. The van der Waals surface area contributed by atoms with E-state index in [0.717, 1.165) is 25.7 Å². The molecule has 2 aliphatic rings. The van der Waals surface area contributed by atoms with Gasteiger partial charge in [-0.05, 0) is 32.1 Å². The predicted octanol–water partition coefficient (Wildman–Crippen LogP) is 1.64. The van der Waals surface area contributed by atoms with Crippen LogP contribution >= 0.6 is 0 Å². The van der Waals surface area contributed by atoms with Gasteiger partial charge in [0.2, 0.25) is 11.8 Å². The first-order valence-corrected chi connectivity index (χ1v) is 8.70. The van der Waals surface area contributed by atoms with Gasteiger partial charge in [-0.3, -0.25) is 14.4 Å². The first-order chi connectivity index (χ1) is 10.9. The number of piperidine rings is 1. The standard InChI is InChI=1S/C17H28N2O4/c1-11(2)15(20)18-14-6-8-19(9-7-14)16(21)12-4-3-5-13(10-12)17(22)23/h11-14H,3-10H2,1-2H3,(H,18,20)(H,22,23). The highest BCUT2D eigenvalue weighted by molar-refractivity contribution is 5.80. The average Bonchev–Trinajstić information content (AvgIpc) is 2.55. The van der Waals surface area contributed by atoms with Crippen LogP contribution in [-0.4, -0.2) is 46.9 Å². The molecule has 0 spiro atoms. The van der Waals surface area contributed by atoms with Crippen molar-refractivity contribution in [2.24, 2.45) is 17.8 Å². The highest BCUT2D eigenvalue weighted by Crippen LogP contribution is 2.31. The topological polar surface area (TPSA) is 86.7 Å². The fraction of sp³-hybridized carbons (Fsp3) is 0.824. The molecule has 1 saturated heterocycles. The highest BCUT2D eigenvalue weighted by atomic mass is 16.4. The van der Waals surface area contributed by atoms with Gasteiger partial charge < -0.3 is 15.3 Å². The Bertz CT molecular complexity index is 456. The molecule has 1 aliphatic carbocycles. The number of hydrogen-bond acceptors (Lipinski definition) is 3. The van der Waals surface area contributed by atoms with Crippen LogP contribution in [0.3, 0.4) is 0 Å². The molecule has 0 aromatic carbocycles. The lowest BCUT2D eigenvalue weighted by Crippen LogP contribution is -2.49. The molecule has 6 heteroatoms. The summed E-state index contributed by atoms with van der Waals surface area (Å²) >= 11 is 0. The number of carboxylic acids is 1. The molecule has 2 N–H and O–H groups in total. The minimum Gasteiger partial charge on any atom is -0.481 e. The van der Waals surface area contributed by atoms with E-state index in [1.165, 1.54) is 0 Å². The normalized spacial score (nSPS) is 26.1. The maximum absolute atomic E-state index is 12.6. The van der Waals surface area contributed by atoms with E-state index in [0.29, 0.717) is 25.9 Å². The summed E-state index contributed by atoms with van der Waals surface area (Å²) in [7, 11) is 0. The van der Waals surface area contributed by atoms with Gasteiger partial charge in [-0.2, -0.15) is 0 Å². The zero-order chi connectivity index (χ0) is 17.0. The van der Waals surface area contributed by atoms with Crippen LogP contribution < -0.4 is 5.32 Å². The Morgan fingerprint density at radius 3 is 2.22 bits per heavy atom. The van der Waals surface area contributed by atoms with Crippen LogP contribution in [0.4, 0.5) is 0 Å². The maximum atomic E-state index is 12.6. The third-order valence-electron chi connectivity index (χ3n) is 5.05. The summed E-state index contributed by atoms with van der Waals surface area (Å²) < 4.78 is 0. The second kappa shape index (κ2) is 7.79. The van der Waals surface area contributed by atoms with Crippen LogP contribution in [0, 0.1) is 17.8 Å². The summed E-state index contributed by atoms with van der Waals surface area (Å²) in [6, 6.07) is 0.145. The van der Waals surface area contributed by atoms with Gasteiger partial charge in [0.25, 0.3) is 0 Å². The van der Waals surface area contributed by atoms with E-state index in [1.807, 2.05) is 18.7 Å². The van der Waals surface area contributed by atoms with Crippen molar-refractivity contribution in [1.29, 1.82) is 0 Å². The first kappa shape index (κ1) is 17.8. The summed E-state index contributed by atoms with van der Waals surface area (Å²) in [5, 5.41) is 12.2. The lowest BCUT2D eigenvalue weighted by atomic mass is 9.80. The van der Waals surface area contributed by atoms with E-state index < -0.39 is 5.97 Å². The summed E-state index contributed by atoms with van der Waals surface area (Å²) in [6.45, 7) is 5.04. The summed E-state index contributed by atoms with van der Waals surface area (Å²) in [5.41, 5.74) is 0. The molecular weight excluding hydrogens is 296 g/mol. The maximum Gasteiger partial charge on any atom is 0.306 e. The number of carboxylic acid groups (broad SMARTS) is 1. The molecule has 2 fully saturated rings. The quantitative estimate of drug-likeness (QED) is 0.823. The van der Waals surface area contributed by atoms with Crippen molar-refractivity contribution in [3.05, 3.63) is 0 Å². The van der Waals surface area contributed by atoms with Crippen LogP contribution in [0.5, 0.6) is 0 Å². The van der Waals surface area contributed by atoms with E-state index in [-0.39, 0.29) is 35.6 Å². The number of amides is 2. The largest absolute Gasteiger partial charge is 0.481 e. The van der Waals surface area contributed by atoms with Crippen LogP contribution in [0.15, 0.2) is 0 Å². The van der Waals surface area contributed by atoms with Gasteiger partial charge in [0, 0.05) is 31.0 Å². The van der Waals surface area contributed by atoms with Gasteiger partial charge in [0.1, 0.15) is 0 Å². The number of likely N-dealkylation sites (tertiary alicyclic amines) is 1. The molecule has 2 atom stereocenters. The number of carbonyl (C=O) groups is 3. The van der Waals surface area contributed by atoms with Gasteiger partial charge in [-0.25, -0.2) is 0 Å². The van der Waals surface area contributed by atoms with Crippen molar-refractivity contribution in [1.82, 2.24) is 10.2 Å². The first-order valence-electron chi connectivity index (χ1n) is 8.70. The Balaban J connectivity index is 1.81. The van der Waals surface area contributed by atoms with E-state index in [2.05, 4.69) is 5.32 Å². The minimum atomic E-state index is -0.780. The molecule has 2 rings (SSSR count). The molecule has 1 aliphatic heterocycles. The van der Waals surface area contributed by atoms with Crippen LogP contribution in [0.1, 0.15) is 52.4 Å². The Morgan fingerprint density at radius 1 is 1.04 bits per heavy atom. The van der Waals surface area contributed by atoms with E-state index in [4.69, 9.17) is 5.11 Å². The highest BCUT2D eigenvalue weighted by Gasteiger charge is 2.34. The Hall–Kier alpha value is -1.59. The molecule has 2 unspecified atom stereocenters. The van der Waals surface area contributed by atoms with Gasteiger partial charge in [-0.1, -0.05) is 20.3 Å². The van der Waals surface area contributed by atoms with Crippen LogP contribution in [-0.2, 0) is 14.4 Å². The van der Waals surface area contributed by atoms with E-state index in [1.54, 1.807) is 0 Å². The predicted molar refractivity (Wildman–Crippen MR) is 85.7 cm³/mol. The molecule has 1 heterocycles. The van der Waals surface area contributed by atoms with Gasteiger partial charge in [0.05, 0.1) is 5.92 Å². The number of nitrogens with one attached hydrogen (secondary N) is 1. The molecule has 1 saturated carbocycles. The lowest BCUT2D eigenvalue weighted by molar-refractivity contribution is -0.145. The third-order valence-corrected chi connectivity index (χ3v) is 5.05. The molecule has 0 radical (unpaired) electrons. The molecule has 130 valence electrons. The molecule has 2 amide bonds. The van der Waals surface area contributed by atoms with Gasteiger partial charge in [0.15, 0.2) is 0 Å². The number of nitrogens with zero attached hydrogens (tertiary/aromatic N) is 1. The third kappa shape index (κ3) is 4.69. The smallest absolute Gasteiger partial charge is 0.306 e. The number of aliphatic carboxylic acids is 1. The molecule has 0 bridgehead atoms. The molecular formula is C17H28N2O4. The molecule has 6 nitrogen and oxygen atoms in total. The van der Waals surface area contributed by atoms with Gasteiger partial charge in [-0.15, -0.1) is 0 Å².